The molecule has 1 unspecified atom stereocenters. The normalized spacial score (nSPS) is 19.1. The van der Waals surface area contributed by atoms with Crippen molar-refractivity contribution < 1.29 is 14.6 Å². The Morgan fingerprint density at radius 2 is 2.05 bits per heavy atom. The monoisotopic (exact) mass is 306 g/mol. The van der Waals surface area contributed by atoms with Gasteiger partial charge >= 0.3 is 5.97 Å². The summed E-state index contributed by atoms with van der Waals surface area (Å²) in [6, 6.07) is 0. The topological polar surface area (TPSA) is 46.5 Å². The third-order valence-electron chi connectivity index (χ3n) is 3.27. The number of rotatable bonds is 5. The first-order valence-electron chi connectivity index (χ1n) is 7.34. The van der Waals surface area contributed by atoms with Gasteiger partial charge in [0.25, 0.3) is 0 Å². The Morgan fingerprint density at radius 3 is 2.57 bits per heavy atom. The number of aliphatic hydroxyl groups excluding tert-OH is 1. The van der Waals surface area contributed by atoms with Crippen LogP contribution in [0.25, 0.3) is 0 Å². The molecule has 1 N–H and O–H groups in total. The van der Waals surface area contributed by atoms with E-state index in [9.17, 15) is 9.90 Å². The smallest absolute Gasteiger partial charge is 0.338 e. The lowest BCUT2D eigenvalue weighted by atomic mass is 9.87. The van der Waals surface area contributed by atoms with Crippen LogP contribution in [-0.4, -0.2) is 25.3 Å². The van der Waals surface area contributed by atoms with Crippen molar-refractivity contribution in [1.82, 2.24) is 0 Å². The predicted molar refractivity (Wildman–Crippen MR) is 88.5 cm³/mol. The quantitative estimate of drug-likeness (QED) is 0.361. The molecule has 4 heteroatoms. The lowest BCUT2D eigenvalue weighted by Gasteiger charge is -2.18. The molecule has 1 rings (SSSR count). The van der Waals surface area contributed by atoms with E-state index in [-0.39, 0.29) is 11.2 Å². The lowest BCUT2D eigenvalue weighted by Crippen LogP contribution is -2.19. The number of carbonyl (C=O) groups excluding carboxylic acids is 1. The van der Waals surface area contributed by atoms with Gasteiger partial charge in [-0.1, -0.05) is 25.7 Å². The van der Waals surface area contributed by atoms with Crippen molar-refractivity contribution >= 4 is 14.0 Å². The molecule has 0 radical (unpaired) electrons. The minimum atomic E-state index is -1.40. The molecule has 21 heavy (non-hydrogen) atoms. The van der Waals surface area contributed by atoms with E-state index in [0.29, 0.717) is 18.4 Å². The van der Waals surface area contributed by atoms with Gasteiger partial charge in [-0.05, 0) is 26.7 Å². The number of carbonyl (C=O) groups is 1. The minimum absolute atomic E-state index is 0.0638. The Labute approximate surface area is 129 Å². The van der Waals surface area contributed by atoms with Crippen LogP contribution in [0.3, 0.4) is 0 Å². The second-order valence-electron chi connectivity index (χ2n) is 7.17. The zero-order valence-corrected chi connectivity index (χ0v) is 14.7. The molecule has 1 aliphatic heterocycles. The molecule has 0 aromatic rings. The van der Waals surface area contributed by atoms with Crippen LogP contribution < -0.4 is 0 Å². The van der Waals surface area contributed by atoms with E-state index < -0.39 is 20.1 Å². The second-order valence-corrected chi connectivity index (χ2v) is 11.9. The number of aliphatic hydroxyl groups is 1. The van der Waals surface area contributed by atoms with E-state index in [1.54, 1.807) is 6.08 Å². The summed E-state index contributed by atoms with van der Waals surface area (Å²) in [6.07, 6.45) is 2.74. The predicted octanol–water partition coefficient (Wildman–Crippen LogP) is 3.99. The molecule has 0 aromatic carbocycles. The van der Waals surface area contributed by atoms with Gasteiger partial charge in [0.2, 0.25) is 0 Å². The van der Waals surface area contributed by atoms with Crippen LogP contribution in [0, 0.1) is 16.9 Å². The highest BCUT2D eigenvalue weighted by Gasteiger charge is 2.33. The first-order valence-corrected chi connectivity index (χ1v) is 10.8. The summed E-state index contributed by atoms with van der Waals surface area (Å²) in [5.41, 5.74) is 3.59. The largest absolute Gasteiger partial charge is 0.508 e. The highest BCUT2D eigenvalue weighted by Crippen LogP contribution is 2.31. The van der Waals surface area contributed by atoms with Crippen LogP contribution >= 0.6 is 0 Å². The maximum atomic E-state index is 11.8. The van der Waals surface area contributed by atoms with Gasteiger partial charge in [-0.2, -0.15) is 0 Å². The van der Waals surface area contributed by atoms with Crippen molar-refractivity contribution in [3.8, 4) is 11.5 Å². The Morgan fingerprint density at radius 1 is 1.43 bits per heavy atom. The third kappa shape index (κ3) is 5.43. The molecule has 1 heterocycles. The van der Waals surface area contributed by atoms with Gasteiger partial charge in [-0.15, -0.1) is 18.0 Å². The Balaban J connectivity index is 2.75. The van der Waals surface area contributed by atoms with Gasteiger partial charge in [-0.3, -0.25) is 0 Å². The van der Waals surface area contributed by atoms with Gasteiger partial charge in [0.15, 0.2) is 6.10 Å². The molecule has 0 fully saturated rings. The fourth-order valence-corrected chi connectivity index (χ4v) is 2.67. The van der Waals surface area contributed by atoms with Crippen LogP contribution in [0.15, 0.2) is 24.0 Å². The van der Waals surface area contributed by atoms with Crippen LogP contribution in [0.5, 0.6) is 0 Å². The zero-order valence-electron chi connectivity index (χ0n) is 13.7. The molecular weight excluding hydrogens is 280 g/mol. The maximum Gasteiger partial charge on any atom is 0.338 e. The molecule has 0 saturated carbocycles. The number of esters is 1. The minimum Gasteiger partial charge on any atom is -0.508 e. The number of hydrogen-bond donors (Lipinski definition) is 1. The average molecular weight is 306 g/mol. The fourth-order valence-electron chi connectivity index (χ4n) is 1.95. The summed E-state index contributed by atoms with van der Waals surface area (Å²) in [6.45, 7) is 14.4. The molecule has 0 bridgehead atoms. The summed E-state index contributed by atoms with van der Waals surface area (Å²) >= 11 is 0. The average Bonchev–Trinajstić information content (AvgIpc) is 2.60. The standard InChI is InChI=1S/C17H26O3Si/c1-7-8-14-15(18)13(16(19)20-14)9-10-17(2,3)11-12-21(4,5)6/h7,14,18H,1,8-10H2,2-6H3. The van der Waals surface area contributed by atoms with Gasteiger partial charge in [0.05, 0.1) is 5.57 Å². The summed E-state index contributed by atoms with van der Waals surface area (Å²) in [5.74, 6) is 2.98. The Hall–Kier alpha value is -1.47. The summed E-state index contributed by atoms with van der Waals surface area (Å²) in [7, 11) is -1.40. The summed E-state index contributed by atoms with van der Waals surface area (Å²) < 4.78 is 5.14. The van der Waals surface area contributed by atoms with Crippen LogP contribution in [0.1, 0.15) is 33.1 Å². The summed E-state index contributed by atoms with van der Waals surface area (Å²) in [4.78, 5) is 11.8. The number of hydrogen-bond acceptors (Lipinski definition) is 3. The van der Waals surface area contributed by atoms with Crippen LogP contribution in [-0.2, 0) is 9.53 Å². The Bertz CT molecular complexity index is 512. The SMILES string of the molecule is C=CCC1OC(=O)C(CCC(C)(C)C#C[Si](C)(C)C)=C1O. The van der Waals surface area contributed by atoms with Crippen molar-refractivity contribution in [2.75, 3.05) is 0 Å². The second kappa shape index (κ2) is 6.53. The molecule has 116 valence electrons. The van der Waals surface area contributed by atoms with Crippen molar-refractivity contribution in [3.05, 3.63) is 24.0 Å². The van der Waals surface area contributed by atoms with E-state index in [0.717, 1.165) is 6.42 Å². The van der Waals surface area contributed by atoms with Crippen molar-refractivity contribution in [3.63, 3.8) is 0 Å². The molecular formula is C17H26O3Si. The van der Waals surface area contributed by atoms with Crippen LogP contribution in [0.4, 0.5) is 0 Å². The summed E-state index contributed by atoms with van der Waals surface area (Å²) in [5, 5.41) is 10.1. The molecule has 0 spiro atoms. The molecule has 1 aliphatic rings. The van der Waals surface area contributed by atoms with Crippen molar-refractivity contribution in [2.24, 2.45) is 5.41 Å². The van der Waals surface area contributed by atoms with Gasteiger partial charge in [0, 0.05) is 11.8 Å². The van der Waals surface area contributed by atoms with Gasteiger partial charge in [-0.25, -0.2) is 4.79 Å². The molecule has 0 amide bonds. The van der Waals surface area contributed by atoms with E-state index >= 15 is 0 Å². The van der Waals surface area contributed by atoms with Gasteiger partial charge in [0.1, 0.15) is 13.8 Å². The first kappa shape index (κ1) is 17.6. The van der Waals surface area contributed by atoms with Crippen molar-refractivity contribution in [2.45, 2.75) is 58.9 Å². The molecule has 1 atom stereocenters. The lowest BCUT2D eigenvalue weighted by molar-refractivity contribution is -0.140. The zero-order chi connectivity index (χ0) is 16.3. The first-order chi connectivity index (χ1) is 9.56. The van der Waals surface area contributed by atoms with Crippen LogP contribution in [0.2, 0.25) is 19.6 Å². The van der Waals surface area contributed by atoms with E-state index in [4.69, 9.17) is 4.74 Å². The number of cyclic esters (lactones) is 1. The van der Waals surface area contributed by atoms with Gasteiger partial charge < -0.3 is 9.84 Å². The molecule has 0 saturated heterocycles. The fraction of sp³-hybridized carbons (Fsp3) is 0.588. The highest BCUT2D eigenvalue weighted by atomic mass is 28.3. The van der Waals surface area contributed by atoms with E-state index in [1.165, 1.54) is 0 Å². The molecule has 0 aliphatic carbocycles. The molecule has 3 nitrogen and oxygen atoms in total. The third-order valence-corrected chi connectivity index (χ3v) is 4.14. The highest BCUT2D eigenvalue weighted by molar-refractivity contribution is 6.83. The Kier molecular flexibility index (Phi) is 5.46. The van der Waals surface area contributed by atoms with E-state index in [2.05, 4.69) is 51.5 Å². The van der Waals surface area contributed by atoms with Crippen molar-refractivity contribution in [1.29, 1.82) is 0 Å². The number of ether oxygens (including phenoxy) is 1. The van der Waals surface area contributed by atoms with E-state index in [1.807, 2.05) is 0 Å². The maximum absolute atomic E-state index is 11.8. The molecule has 0 aromatic heterocycles.